The van der Waals surface area contributed by atoms with Crippen LogP contribution in [0.3, 0.4) is 0 Å². The van der Waals surface area contributed by atoms with Crippen LogP contribution in [0.5, 0.6) is 0 Å². The van der Waals surface area contributed by atoms with E-state index in [1.54, 1.807) is 0 Å². The third kappa shape index (κ3) is 2.40. The van der Waals surface area contributed by atoms with Crippen LogP contribution < -0.4 is 0 Å². The summed E-state index contributed by atoms with van der Waals surface area (Å²) in [7, 11) is 0.0216. The molecule has 1 aliphatic heterocycles. The Bertz CT molecular complexity index is 734. The number of nitrogens with zero attached hydrogens (tertiary/aromatic N) is 2. The highest BCUT2D eigenvalue weighted by Crippen LogP contribution is 2.36. The minimum atomic E-state index is -4.12. The number of methoxy groups -OCH3 is 1. The van der Waals surface area contributed by atoms with Gasteiger partial charge in [-0.3, -0.25) is 14.4 Å². The standard InChI is InChI=1S/C11H12N2O6S2/c1-12(2)10(15)6-4-7-9(20-6)11(16)13(21(7,17)18)5-8(14)19-3/h4H,5H2,1-3H3. The molecule has 0 saturated heterocycles. The molecule has 0 atom stereocenters. The normalized spacial score (nSPS) is 15.8. The summed E-state index contributed by atoms with van der Waals surface area (Å²) in [6, 6.07) is 1.16. The Balaban J connectivity index is 2.43. The van der Waals surface area contributed by atoms with E-state index in [2.05, 4.69) is 4.74 Å². The maximum Gasteiger partial charge on any atom is 0.326 e. The van der Waals surface area contributed by atoms with Crippen LogP contribution in [0.4, 0.5) is 0 Å². The number of carbonyl (C=O) groups excluding carboxylic acids is 3. The predicted octanol–water partition coefficient (Wildman–Crippen LogP) is -0.233. The molecule has 1 aliphatic rings. The maximum atomic E-state index is 12.2. The Morgan fingerprint density at radius 1 is 1.38 bits per heavy atom. The van der Waals surface area contributed by atoms with Gasteiger partial charge in [-0.2, -0.15) is 0 Å². The predicted molar refractivity (Wildman–Crippen MR) is 72.6 cm³/mol. The molecule has 0 spiro atoms. The van der Waals surface area contributed by atoms with Crippen molar-refractivity contribution in [3.63, 3.8) is 0 Å². The molecule has 2 heterocycles. The van der Waals surface area contributed by atoms with E-state index < -0.39 is 34.4 Å². The number of amides is 2. The summed E-state index contributed by atoms with van der Waals surface area (Å²) in [5.41, 5.74) is 0. The van der Waals surface area contributed by atoms with Crippen molar-refractivity contribution in [2.24, 2.45) is 0 Å². The minimum absolute atomic E-state index is 0.0656. The Labute approximate surface area is 124 Å². The topological polar surface area (TPSA) is 101 Å². The van der Waals surface area contributed by atoms with Crippen molar-refractivity contribution in [2.45, 2.75) is 4.90 Å². The van der Waals surface area contributed by atoms with E-state index in [0.29, 0.717) is 4.31 Å². The summed E-state index contributed by atoms with van der Waals surface area (Å²) in [6.45, 7) is -0.684. The zero-order valence-corrected chi connectivity index (χ0v) is 13.1. The van der Waals surface area contributed by atoms with E-state index in [1.165, 1.54) is 19.0 Å². The summed E-state index contributed by atoms with van der Waals surface area (Å²) in [5, 5.41) is 0. The summed E-state index contributed by atoms with van der Waals surface area (Å²) in [4.78, 5) is 36.2. The molecule has 0 bridgehead atoms. The number of hydrogen-bond acceptors (Lipinski definition) is 7. The number of rotatable bonds is 3. The number of esters is 1. The summed E-state index contributed by atoms with van der Waals surface area (Å²) < 4.78 is 29.3. The highest BCUT2D eigenvalue weighted by Gasteiger charge is 2.45. The van der Waals surface area contributed by atoms with Crippen molar-refractivity contribution in [2.75, 3.05) is 27.7 Å². The Morgan fingerprint density at radius 2 is 2.00 bits per heavy atom. The van der Waals surface area contributed by atoms with E-state index in [1.807, 2.05) is 0 Å². The Hall–Kier alpha value is -1.94. The van der Waals surface area contributed by atoms with Crippen LogP contribution in [0, 0.1) is 0 Å². The highest BCUT2D eigenvalue weighted by atomic mass is 32.2. The van der Waals surface area contributed by atoms with Crippen molar-refractivity contribution in [3.05, 3.63) is 15.8 Å². The maximum absolute atomic E-state index is 12.2. The van der Waals surface area contributed by atoms with Gasteiger partial charge in [-0.05, 0) is 6.07 Å². The van der Waals surface area contributed by atoms with Gasteiger partial charge in [-0.1, -0.05) is 0 Å². The molecule has 2 amide bonds. The Kier molecular flexibility index (Phi) is 3.76. The summed E-state index contributed by atoms with van der Waals surface area (Å²) in [5.74, 6) is -2.05. The van der Waals surface area contributed by atoms with Crippen LogP contribution in [-0.2, 0) is 19.6 Å². The monoisotopic (exact) mass is 332 g/mol. The van der Waals surface area contributed by atoms with Gasteiger partial charge in [-0.25, -0.2) is 12.7 Å². The third-order valence-corrected chi connectivity index (χ3v) is 5.80. The molecule has 0 aliphatic carbocycles. The molecule has 21 heavy (non-hydrogen) atoms. The van der Waals surface area contributed by atoms with E-state index in [9.17, 15) is 22.8 Å². The largest absolute Gasteiger partial charge is 0.468 e. The van der Waals surface area contributed by atoms with Crippen molar-refractivity contribution >= 4 is 39.1 Å². The van der Waals surface area contributed by atoms with Gasteiger partial charge in [0.1, 0.15) is 16.3 Å². The van der Waals surface area contributed by atoms with Gasteiger partial charge in [0.05, 0.1) is 12.0 Å². The second-order valence-electron chi connectivity index (χ2n) is 4.40. The lowest BCUT2D eigenvalue weighted by molar-refractivity contribution is -0.140. The molecule has 10 heteroatoms. The zero-order chi connectivity index (χ0) is 15.9. The number of ether oxygens (including phenoxy) is 1. The molecular weight excluding hydrogens is 320 g/mol. The van der Waals surface area contributed by atoms with E-state index in [0.717, 1.165) is 24.5 Å². The second kappa shape index (κ2) is 5.11. The Morgan fingerprint density at radius 3 is 2.48 bits per heavy atom. The lowest BCUT2D eigenvalue weighted by atomic mass is 10.4. The van der Waals surface area contributed by atoms with Crippen molar-refractivity contribution in [1.82, 2.24) is 9.21 Å². The molecule has 0 N–H and O–H groups in total. The smallest absolute Gasteiger partial charge is 0.326 e. The molecule has 2 rings (SSSR count). The van der Waals surface area contributed by atoms with Crippen LogP contribution in [0.1, 0.15) is 19.3 Å². The van der Waals surface area contributed by atoms with E-state index in [4.69, 9.17) is 0 Å². The SMILES string of the molecule is COC(=O)CN1C(=O)c2sc(C(=O)N(C)C)cc2S1(=O)=O. The van der Waals surface area contributed by atoms with Gasteiger partial charge < -0.3 is 9.64 Å². The van der Waals surface area contributed by atoms with Gasteiger partial charge in [-0.15, -0.1) is 11.3 Å². The fourth-order valence-corrected chi connectivity index (χ4v) is 4.73. The van der Waals surface area contributed by atoms with Crippen LogP contribution in [0.2, 0.25) is 0 Å². The fourth-order valence-electron chi connectivity index (χ4n) is 1.72. The molecule has 0 aromatic carbocycles. The van der Waals surface area contributed by atoms with E-state index in [-0.39, 0.29) is 14.6 Å². The first kappa shape index (κ1) is 15.4. The molecule has 0 saturated carbocycles. The van der Waals surface area contributed by atoms with Gasteiger partial charge in [0.2, 0.25) is 0 Å². The number of carbonyl (C=O) groups is 3. The fraction of sp³-hybridized carbons (Fsp3) is 0.364. The van der Waals surface area contributed by atoms with Crippen LogP contribution in [-0.4, -0.2) is 63.2 Å². The molecule has 1 aromatic rings. The highest BCUT2D eigenvalue weighted by molar-refractivity contribution is 7.90. The first-order chi connectivity index (χ1) is 9.70. The lowest BCUT2D eigenvalue weighted by Gasteiger charge is -2.13. The van der Waals surface area contributed by atoms with Crippen LogP contribution in [0.25, 0.3) is 0 Å². The van der Waals surface area contributed by atoms with Gasteiger partial charge in [0.15, 0.2) is 0 Å². The van der Waals surface area contributed by atoms with Crippen molar-refractivity contribution < 1.29 is 27.5 Å². The molecule has 0 unspecified atom stereocenters. The number of thiophene rings is 1. The average Bonchev–Trinajstić information content (AvgIpc) is 2.93. The lowest BCUT2D eigenvalue weighted by Crippen LogP contribution is -2.35. The van der Waals surface area contributed by atoms with Gasteiger partial charge >= 0.3 is 5.97 Å². The third-order valence-electron chi connectivity index (χ3n) is 2.80. The van der Waals surface area contributed by atoms with Crippen LogP contribution >= 0.6 is 11.3 Å². The number of hydrogen-bond donors (Lipinski definition) is 0. The first-order valence-corrected chi connectivity index (χ1v) is 7.95. The molecule has 1 aromatic heterocycles. The molecule has 114 valence electrons. The van der Waals surface area contributed by atoms with Gasteiger partial charge in [0.25, 0.3) is 21.8 Å². The zero-order valence-electron chi connectivity index (χ0n) is 11.4. The number of fused-ring (bicyclic) bond motifs is 1. The average molecular weight is 332 g/mol. The van der Waals surface area contributed by atoms with Crippen molar-refractivity contribution in [3.8, 4) is 0 Å². The quantitative estimate of drug-likeness (QED) is 0.709. The summed E-state index contributed by atoms with van der Waals surface area (Å²) in [6.07, 6.45) is 0. The molecular formula is C11H12N2O6S2. The van der Waals surface area contributed by atoms with E-state index >= 15 is 0 Å². The van der Waals surface area contributed by atoms with Crippen LogP contribution in [0.15, 0.2) is 11.0 Å². The van der Waals surface area contributed by atoms with Crippen molar-refractivity contribution in [1.29, 1.82) is 0 Å². The molecule has 8 nitrogen and oxygen atoms in total. The summed E-state index contributed by atoms with van der Waals surface area (Å²) >= 11 is 0.794. The molecule has 0 fully saturated rings. The first-order valence-electron chi connectivity index (χ1n) is 5.69. The second-order valence-corrected chi connectivity index (χ2v) is 7.28. The minimum Gasteiger partial charge on any atom is -0.468 e. The van der Waals surface area contributed by atoms with Gasteiger partial charge in [0, 0.05) is 14.1 Å². The number of sulfonamides is 1. The molecule has 0 radical (unpaired) electrons.